The minimum atomic E-state index is -5.21. The van der Waals surface area contributed by atoms with Crippen molar-refractivity contribution >= 4 is 21.8 Å². The molecule has 0 N–H and O–H groups in total. The Kier molecular flexibility index (Phi) is 8.71. The number of rotatable bonds is 4. The highest BCUT2D eigenvalue weighted by Crippen LogP contribution is 2.45. The van der Waals surface area contributed by atoms with Crippen molar-refractivity contribution < 1.29 is 52.7 Å². The first-order valence-electron chi connectivity index (χ1n) is 15.9. The zero-order chi connectivity index (χ0) is 39.7. The van der Waals surface area contributed by atoms with Crippen LogP contribution in [0.3, 0.4) is 0 Å². The fraction of sp³-hybridized carbons (Fsp3) is 0.100. The molecule has 0 aliphatic carbocycles. The lowest BCUT2D eigenvalue weighted by atomic mass is 9.95. The first-order valence-corrected chi connectivity index (χ1v) is 15.9. The summed E-state index contributed by atoms with van der Waals surface area (Å²) in [6.45, 7) is 0. The van der Waals surface area contributed by atoms with Gasteiger partial charge in [-0.15, -0.1) is 0 Å². The first-order chi connectivity index (χ1) is 25.8. The van der Waals surface area contributed by atoms with Crippen LogP contribution >= 0.6 is 0 Å². The number of benzene rings is 5. The second kappa shape index (κ2) is 12.9. The van der Waals surface area contributed by atoms with Gasteiger partial charge in [0.25, 0.3) is 0 Å². The molecule has 0 saturated carbocycles. The fourth-order valence-corrected chi connectivity index (χ4v) is 6.58. The smallest absolute Gasteiger partial charge is 0.309 e. The van der Waals surface area contributed by atoms with Crippen LogP contribution in [0.5, 0.6) is 0 Å². The summed E-state index contributed by atoms with van der Waals surface area (Å²) in [7, 11) is 0. The van der Waals surface area contributed by atoms with Crippen molar-refractivity contribution in [3.63, 3.8) is 0 Å². The van der Waals surface area contributed by atoms with Gasteiger partial charge in [-0.2, -0.15) is 57.9 Å². The normalized spacial score (nSPS) is 12.7. The minimum Gasteiger partial charge on any atom is -0.309 e. The van der Waals surface area contributed by atoms with E-state index in [0.717, 1.165) is 0 Å². The van der Waals surface area contributed by atoms with Gasteiger partial charge >= 0.3 is 24.7 Å². The lowest BCUT2D eigenvalue weighted by Gasteiger charge is -2.17. The quantitative estimate of drug-likeness (QED) is 0.167. The minimum absolute atomic E-state index is 0.00522. The molecule has 7 rings (SSSR count). The summed E-state index contributed by atoms with van der Waals surface area (Å²) in [4.78, 5) is 3.97. The Bertz CT molecular complexity index is 2530. The Morgan fingerprint density at radius 3 is 1.35 bits per heavy atom. The van der Waals surface area contributed by atoms with Gasteiger partial charge in [-0.25, -0.2) is 0 Å². The molecule has 0 atom stereocenters. The number of aromatic nitrogens is 2. The molecule has 7 aromatic rings. The maximum absolute atomic E-state index is 14.3. The highest BCUT2D eigenvalue weighted by atomic mass is 19.4. The maximum atomic E-state index is 14.3. The molecule has 0 aliphatic heterocycles. The topological polar surface area (TPSA) is 41.6 Å². The van der Waals surface area contributed by atoms with Crippen LogP contribution in [0.4, 0.5) is 52.7 Å². The van der Waals surface area contributed by atoms with Crippen molar-refractivity contribution in [2.75, 3.05) is 0 Å². The van der Waals surface area contributed by atoms with Crippen LogP contribution in [0, 0.1) is 11.3 Å². The van der Waals surface area contributed by atoms with Crippen LogP contribution in [0.1, 0.15) is 27.8 Å². The standard InChI is InChI=1S/C40H19F12N3/c41-37(42,43)25-4-9-28(33(17-25)39(47,48)49)22-2-7-30-31-8-3-23(29-10-5-26(38(44,45)46)18-34(29)40(50,51)52)16-36(31)55(35(30)15-22)27-6-1-24(20-53)32(19-27)21-11-13-54-14-12-21/h1-19H. The van der Waals surface area contributed by atoms with Crippen LogP contribution in [0.2, 0.25) is 0 Å². The number of hydrogen-bond donors (Lipinski definition) is 0. The molecule has 3 nitrogen and oxygen atoms in total. The van der Waals surface area contributed by atoms with Crippen molar-refractivity contribution in [2.45, 2.75) is 24.7 Å². The largest absolute Gasteiger partial charge is 0.417 e. The van der Waals surface area contributed by atoms with Crippen molar-refractivity contribution in [3.05, 3.63) is 143 Å². The van der Waals surface area contributed by atoms with Crippen LogP contribution in [0.15, 0.2) is 116 Å². The van der Waals surface area contributed by atoms with E-state index < -0.39 is 58.1 Å². The van der Waals surface area contributed by atoms with Gasteiger partial charge in [0.15, 0.2) is 0 Å². The summed E-state index contributed by atoms with van der Waals surface area (Å²) in [5.74, 6) is 0. The molecule has 0 bridgehead atoms. The number of hydrogen-bond acceptors (Lipinski definition) is 2. The van der Waals surface area contributed by atoms with E-state index in [-0.39, 0.29) is 45.5 Å². The number of fused-ring (bicyclic) bond motifs is 3. The Morgan fingerprint density at radius 1 is 0.455 bits per heavy atom. The molecule has 278 valence electrons. The van der Waals surface area contributed by atoms with Crippen molar-refractivity contribution in [3.8, 4) is 45.1 Å². The van der Waals surface area contributed by atoms with Gasteiger partial charge in [0.1, 0.15) is 0 Å². The molecule has 2 aromatic heterocycles. The number of alkyl halides is 12. The average molecular weight is 770 g/mol. The maximum Gasteiger partial charge on any atom is 0.417 e. The zero-order valence-corrected chi connectivity index (χ0v) is 27.3. The molecular weight excluding hydrogens is 750 g/mol. The Labute approximate surface area is 302 Å². The molecule has 55 heavy (non-hydrogen) atoms. The number of pyridine rings is 1. The van der Waals surface area contributed by atoms with E-state index in [1.807, 2.05) is 0 Å². The second-order valence-corrected chi connectivity index (χ2v) is 12.4. The summed E-state index contributed by atoms with van der Waals surface area (Å²) in [5, 5.41) is 10.6. The van der Waals surface area contributed by atoms with Gasteiger partial charge < -0.3 is 4.57 Å². The fourth-order valence-electron chi connectivity index (χ4n) is 6.58. The zero-order valence-electron chi connectivity index (χ0n) is 27.3. The molecule has 5 aromatic carbocycles. The highest BCUT2D eigenvalue weighted by Gasteiger charge is 2.40. The molecule has 0 amide bonds. The third-order valence-electron chi connectivity index (χ3n) is 9.07. The predicted octanol–water partition coefficient (Wildman–Crippen LogP) is 13.1. The van der Waals surface area contributed by atoms with Crippen LogP contribution < -0.4 is 0 Å². The van der Waals surface area contributed by atoms with Crippen molar-refractivity contribution in [1.82, 2.24) is 9.55 Å². The molecule has 0 saturated heterocycles. The third kappa shape index (κ3) is 6.84. The summed E-state index contributed by atoms with van der Waals surface area (Å²) < 4.78 is 168. The van der Waals surface area contributed by atoms with Crippen LogP contribution in [-0.2, 0) is 24.7 Å². The number of nitriles is 1. The Hall–Kier alpha value is -6.30. The summed E-state index contributed by atoms with van der Waals surface area (Å²) in [6.07, 6.45) is -17.6. The molecule has 0 radical (unpaired) electrons. The molecule has 0 aliphatic rings. The van der Waals surface area contributed by atoms with Gasteiger partial charge in [0.2, 0.25) is 0 Å². The lowest BCUT2D eigenvalue weighted by Crippen LogP contribution is -2.12. The summed E-state index contributed by atoms with van der Waals surface area (Å²) in [5.41, 5.74) is -5.90. The molecule has 0 unspecified atom stereocenters. The first kappa shape index (κ1) is 37.0. The average Bonchev–Trinajstić information content (AvgIpc) is 3.45. The van der Waals surface area contributed by atoms with E-state index in [1.165, 1.54) is 65.5 Å². The van der Waals surface area contributed by atoms with Crippen LogP contribution in [0.25, 0.3) is 60.9 Å². The van der Waals surface area contributed by atoms with Gasteiger partial charge in [-0.05, 0) is 94.5 Å². The van der Waals surface area contributed by atoms with E-state index in [2.05, 4.69) is 11.1 Å². The van der Waals surface area contributed by atoms with Gasteiger partial charge in [-0.3, -0.25) is 4.98 Å². The van der Waals surface area contributed by atoms with E-state index in [4.69, 9.17) is 0 Å². The SMILES string of the molecule is N#Cc1ccc(-n2c3cc(-c4ccc(C(F)(F)F)cc4C(F)(F)F)ccc3c3ccc(-c4ccc(C(F)(F)F)cc4C(F)(F)F)cc32)cc1-c1ccncc1. The second-order valence-electron chi connectivity index (χ2n) is 12.4. The molecular formula is C40H19F12N3. The lowest BCUT2D eigenvalue weighted by molar-refractivity contribution is -0.144. The van der Waals surface area contributed by atoms with Crippen molar-refractivity contribution in [2.24, 2.45) is 0 Å². The Morgan fingerprint density at radius 2 is 0.927 bits per heavy atom. The molecule has 0 spiro atoms. The van der Waals surface area contributed by atoms with Gasteiger partial charge in [0, 0.05) is 34.4 Å². The molecule has 2 heterocycles. The molecule has 0 fully saturated rings. The van der Waals surface area contributed by atoms with Gasteiger partial charge in [0.05, 0.1) is 44.9 Å². The molecule has 15 heteroatoms. The monoisotopic (exact) mass is 769 g/mol. The number of nitrogens with zero attached hydrogens (tertiary/aromatic N) is 3. The van der Waals surface area contributed by atoms with Gasteiger partial charge in [-0.1, -0.05) is 36.4 Å². The van der Waals surface area contributed by atoms with E-state index >= 15 is 0 Å². The highest BCUT2D eigenvalue weighted by molar-refractivity contribution is 6.11. The van der Waals surface area contributed by atoms with E-state index in [0.29, 0.717) is 46.2 Å². The third-order valence-corrected chi connectivity index (χ3v) is 9.07. The van der Waals surface area contributed by atoms with E-state index in [1.54, 1.807) is 18.2 Å². The van der Waals surface area contributed by atoms with Crippen LogP contribution in [-0.4, -0.2) is 9.55 Å². The summed E-state index contributed by atoms with van der Waals surface area (Å²) in [6, 6.07) is 20.1. The Balaban J connectivity index is 1.55. The van der Waals surface area contributed by atoms with E-state index in [9.17, 15) is 57.9 Å². The summed E-state index contributed by atoms with van der Waals surface area (Å²) >= 11 is 0. The predicted molar refractivity (Wildman–Crippen MR) is 180 cm³/mol. The van der Waals surface area contributed by atoms with Crippen molar-refractivity contribution in [1.29, 1.82) is 5.26 Å². The number of halogens is 12.